The van der Waals surface area contributed by atoms with Crippen molar-refractivity contribution in [3.8, 4) is 5.75 Å². The molecule has 0 spiro atoms. The van der Waals surface area contributed by atoms with Crippen molar-refractivity contribution in [1.29, 1.82) is 0 Å². The van der Waals surface area contributed by atoms with Gasteiger partial charge in [0.2, 0.25) is 0 Å². The van der Waals surface area contributed by atoms with Gasteiger partial charge in [0.1, 0.15) is 17.4 Å². The monoisotopic (exact) mass is 341 g/mol. The standard InChI is InChI=1S/C14H10BrF2NO2/c1-20-9-3-4-11(15)10(7-9)14(19)18-13-5-2-8(16)6-12(13)17/h2-7H,1H3,(H,18,19). The summed E-state index contributed by atoms with van der Waals surface area (Å²) in [5, 5.41) is 2.38. The van der Waals surface area contributed by atoms with Crippen molar-refractivity contribution < 1.29 is 18.3 Å². The quantitative estimate of drug-likeness (QED) is 0.916. The van der Waals surface area contributed by atoms with Gasteiger partial charge in [-0.3, -0.25) is 4.79 Å². The summed E-state index contributed by atoms with van der Waals surface area (Å²) in [7, 11) is 1.48. The molecular formula is C14H10BrF2NO2. The van der Waals surface area contributed by atoms with Crippen molar-refractivity contribution in [2.45, 2.75) is 0 Å². The Balaban J connectivity index is 2.28. The van der Waals surface area contributed by atoms with E-state index in [1.807, 2.05) is 0 Å². The summed E-state index contributed by atoms with van der Waals surface area (Å²) in [6, 6.07) is 7.78. The zero-order valence-corrected chi connectivity index (χ0v) is 12.0. The van der Waals surface area contributed by atoms with Crippen LogP contribution in [0.25, 0.3) is 0 Å². The zero-order chi connectivity index (χ0) is 14.7. The molecule has 0 aromatic heterocycles. The zero-order valence-electron chi connectivity index (χ0n) is 10.4. The van der Waals surface area contributed by atoms with E-state index in [-0.39, 0.29) is 11.3 Å². The molecule has 3 nitrogen and oxygen atoms in total. The summed E-state index contributed by atoms with van der Waals surface area (Å²) in [5.41, 5.74) is 0.194. The molecule has 0 radical (unpaired) electrons. The smallest absolute Gasteiger partial charge is 0.257 e. The number of hydrogen-bond donors (Lipinski definition) is 1. The molecule has 0 bridgehead atoms. The predicted octanol–water partition coefficient (Wildman–Crippen LogP) is 3.99. The molecule has 2 aromatic rings. The lowest BCUT2D eigenvalue weighted by atomic mass is 10.2. The normalized spacial score (nSPS) is 10.2. The van der Waals surface area contributed by atoms with Gasteiger partial charge in [-0.05, 0) is 46.3 Å². The number of anilines is 1. The molecule has 0 unspecified atom stereocenters. The van der Waals surface area contributed by atoms with Crippen LogP contribution in [0, 0.1) is 11.6 Å². The molecule has 0 fully saturated rings. The Kier molecular flexibility index (Phi) is 4.34. The fourth-order valence-electron chi connectivity index (χ4n) is 1.59. The fraction of sp³-hybridized carbons (Fsp3) is 0.0714. The summed E-state index contributed by atoms with van der Waals surface area (Å²) >= 11 is 3.23. The first-order chi connectivity index (χ1) is 9.51. The first-order valence-electron chi connectivity index (χ1n) is 5.61. The van der Waals surface area contributed by atoms with E-state index in [1.54, 1.807) is 12.1 Å². The molecule has 0 saturated carbocycles. The molecule has 0 saturated heterocycles. The van der Waals surface area contributed by atoms with Crippen molar-refractivity contribution >= 4 is 27.5 Å². The van der Waals surface area contributed by atoms with Gasteiger partial charge in [-0.25, -0.2) is 8.78 Å². The second kappa shape index (κ2) is 6.00. The van der Waals surface area contributed by atoms with Crippen molar-refractivity contribution in [2.75, 3.05) is 12.4 Å². The highest BCUT2D eigenvalue weighted by atomic mass is 79.9. The minimum absolute atomic E-state index is 0.0916. The van der Waals surface area contributed by atoms with E-state index >= 15 is 0 Å². The number of methoxy groups -OCH3 is 1. The van der Waals surface area contributed by atoms with Crippen LogP contribution in [-0.2, 0) is 0 Å². The Morgan fingerprint density at radius 2 is 1.95 bits per heavy atom. The van der Waals surface area contributed by atoms with Gasteiger partial charge in [-0.15, -0.1) is 0 Å². The first kappa shape index (κ1) is 14.5. The number of benzene rings is 2. The van der Waals surface area contributed by atoms with E-state index < -0.39 is 17.5 Å². The average molecular weight is 342 g/mol. The fourth-order valence-corrected chi connectivity index (χ4v) is 2.01. The molecule has 0 aliphatic heterocycles. The minimum Gasteiger partial charge on any atom is -0.497 e. The van der Waals surface area contributed by atoms with Gasteiger partial charge in [0.25, 0.3) is 5.91 Å². The van der Waals surface area contributed by atoms with Gasteiger partial charge >= 0.3 is 0 Å². The minimum atomic E-state index is -0.836. The molecule has 6 heteroatoms. The van der Waals surface area contributed by atoms with Crippen LogP contribution in [0.1, 0.15) is 10.4 Å². The van der Waals surface area contributed by atoms with E-state index in [4.69, 9.17) is 4.74 Å². The lowest BCUT2D eigenvalue weighted by Gasteiger charge is -2.09. The molecule has 2 rings (SSSR count). The molecule has 0 heterocycles. The van der Waals surface area contributed by atoms with E-state index in [0.717, 1.165) is 12.1 Å². The van der Waals surface area contributed by atoms with Gasteiger partial charge in [-0.1, -0.05) is 0 Å². The molecule has 1 amide bonds. The number of rotatable bonds is 3. The van der Waals surface area contributed by atoms with Crippen LogP contribution in [0.15, 0.2) is 40.9 Å². The Bertz CT molecular complexity index is 662. The van der Waals surface area contributed by atoms with E-state index in [2.05, 4.69) is 21.2 Å². The van der Waals surface area contributed by atoms with Crippen LogP contribution >= 0.6 is 15.9 Å². The number of carbonyl (C=O) groups is 1. The third-order valence-electron chi connectivity index (χ3n) is 2.60. The molecule has 0 aliphatic carbocycles. The lowest BCUT2D eigenvalue weighted by molar-refractivity contribution is 0.102. The molecular weight excluding hydrogens is 332 g/mol. The van der Waals surface area contributed by atoms with E-state index in [9.17, 15) is 13.6 Å². The maximum atomic E-state index is 13.5. The van der Waals surface area contributed by atoms with Crippen LogP contribution < -0.4 is 10.1 Å². The SMILES string of the molecule is COc1ccc(Br)c(C(=O)Nc2ccc(F)cc2F)c1. The van der Waals surface area contributed by atoms with Crippen LogP contribution in [0.3, 0.4) is 0 Å². The second-order valence-corrected chi connectivity index (χ2v) is 4.78. The highest BCUT2D eigenvalue weighted by molar-refractivity contribution is 9.10. The maximum Gasteiger partial charge on any atom is 0.257 e. The molecule has 2 aromatic carbocycles. The second-order valence-electron chi connectivity index (χ2n) is 3.92. The Morgan fingerprint density at radius 1 is 1.20 bits per heavy atom. The molecule has 20 heavy (non-hydrogen) atoms. The van der Waals surface area contributed by atoms with Crippen molar-refractivity contribution in [1.82, 2.24) is 0 Å². The highest BCUT2D eigenvalue weighted by Gasteiger charge is 2.14. The summed E-state index contributed by atoms with van der Waals surface area (Å²) < 4.78 is 31.8. The summed E-state index contributed by atoms with van der Waals surface area (Å²) in [4.78, 5) is 12.1. The van der Waals surface area contributed by atoms with Crippen molar-refractivity contribution in [2.24, 2.45) is 0 Å². The molecule has 104 valence electrons. The van der Waals surface area contributed by atoms with Crippen LogP contribution in [0.5, 0.6) is 5.75 Å². The summed E-state index contributed by atoms with van der Waals surface area (Å²) in [5.74, 6) is -1.57. The summed E-state index contributed by atoms with van der Waals surface area (Å²) in [6.45, 7) is 0. The third kappa shape index (κ3) is 3.14. The van der Waals surface area contributed by atoms with Crippen LogP contribution in [0.2, 0.25) is 0 Å². The van der Waals surface area contributed by atoms with Gasteiger partial charge in [-0.2, -0.15) is 0 Å². The maximum absolute atomic E-state index is 13.5. The largest absolute Gasteiger partial charge is 0.497 e. The molecule has 0 aliphatic rings. The Hall–Kier alpha value is -1.95. The number of amides is 1. The number of nitrogens with one attached hydrogen (secondary N) is 1. The summed E-state index contributed by atoms with van der Waals surface area (Å²) in [6.07, 6.45) is 0. The number of hydrogen-bond acceptors (Lipinski definition) is 2. The topological polar surface area (TPSA) is 38.3 Å². The van der Waals surface area contributed by atoms with Gasteiger partial charge in [0, 0.05) is 10.5 Å². The lowest BCUT2D eigenvalue weighted by Crippen LogP contribution is -2.14. The van der Waals surface area contributed by atoms with Gasteiger partial charge in [0.15, 0.2) is 0 Å². The van der Waals surface area contributed by atoms with Gasteiger partial charge < -0.3 is 10.1 Å². The van der Waals surface area contributed by atoms with Gasteiger partial charge in [0.05, 0.1) is 18.4 Å². The molecule has 1 N–H and O–H groups in total. The van der Waals surface area contributed by atoms with Crippen molar-refractivity contribution in [3.05, 3.63) is 58.1 Å². The Morgan fingerprint density at radius 3 is 2.60 bits per heavy atom. The number of halogens is 3. The Labute approximate surface area is 122 Å². The first-order valence-corrected chi connectivity index (χ1v) is 6.40. The number of ether oxygens (including phenoxy) is 1. The van der Waals surface area contributed by atoms with E-state index in [0.29, 0.717) is 16.3 Å². The van der Waals surface area contributed by atoms with E-state index in [1.165, 1.54) is 13.2 Å². The average Bonchev–Trinajstić information content (AvgIpc) is 2.42. The highest BCUT2D eigenvalue weighted by Crippen LogP contribution is 2.24. The van der Waals surface area contributed by atoms with Crippen LogP contribution in [-0.4, -0.2) is 13.0 Å². The van der Waals surface area contributed by atoms with Crippen molar-refractivity contribution in [3.63, 3.8) is 0 Å². The molecule has 0 atom stereocenters. The predicted molar refractivity (Wildman–Crippen MR) is 75.0 cm³/mol. The third-order valence-corrected chi connectivity index (χ3v) is 3.29. The van der Waals surface area contributed by atoms with Crippen LogP contribution in [0.4, 0.5) is 14.5 Å². The number of carbonyl (C=O) groups excluding carboxylic acids is 1.